The first-order valence-corrected chi connectivity index (χ1v) is 5.40. The van der Waals surface area contributed by atoms with Crippen LogP contribution in [0.3, 0.4) is 0 Å². The summed E-state index contributed by atoms with van der Waals surface area (Å²) < 4.78 is 6.50. The molecule has 0 bridgehead atoms. The third-order valence-electron chi connectivity index (χ3n) is 2.74. The molecule has 1 N–H and O–H groups in total. The van der Waals surface area contributed by atoms with Gasteiger partial charge in [0.2, 0.25) is 0 Å². The van der Waals surface area contributed by atoms with Crippen molar-refractivity contribution in [2.75, 3.05) is 7.11 Å². The summed E-state index contributed by atoms with van der Waals surface area (Å²) in [7, 11) is 3.05. The third-order valence-corrected chi connectivity index (χ3v) is 2.74. The Kier molecular flexibility index (Phi) is 3.43. The van der Waals surface area contributed by atoms with Crippen LogP contribution in [0.15, 0.2) is 18.2 Å². The number of hydrogen-bond acceptors (Lipinski definition) is 6. The number of aliphatic hydroxyl groups excluding tert-OH is 1. The number of benzene rings is 1. The fraction of sp³-hybridized carbons (Fsp3) is 0.273. The molecule has 1 aromatic heterocycles. The molecule has 0 amide bonds. The lowest BCUT2D eigenvalue weighted by Gasteiger charge is -2.05. The summed E-state index contributed by atoms with van der Waals surface area (Å²) in [6.45, 7) is -0.248. The molecular formula is C11H12N4O4. The number of rotatable bonds is 4. The topological polar surface area (TPSA) is 103 Å². The van der Waals surface area contributed by atoms with Gasteiger partial charge in [0, 0.05) is 18.7 Å². The first-order valence-electron chi connectivity index (χ1n) is 5.40. The van der Waals surface area contributed by atoms with E-state index in [1.165, 1.54) is 19.2 Å². The molecule has 0 aliphatic rings. The van der Waals surface area contributed by atoms with Crippen LogP contribution in [0.5, 0.6) is 5.75 Å². The number of nitro groups is 1. The first kappa shape index (κ1) is 13.0. The number of ether oxygens (including phenoxy) is 1. The summed E-state index contributed by atoms with van der Waals surface area (Å²) in [5.74, 6) is 1.00. The summed E-state index contributed by atoms with van der Waals surface area (Å²) in [5, 5.41) is 27.7. The van der Waals surface area contributed by atoms with Crippen LogP contribution in [0.1, 0.15) is 5.82 Å². The minimum atomic E-state index is -0.522. The Balaban J connectivity index is 2.54. The highest BCUT2D eigenvalue weighted by atomic mass is 16.6. The highest BCUT2D eigenvalue weighted by Crippen LogP contribution is 2.31. The summed E-state index contributed by atoms with van der Waals surface area (Å²) >= 11 is 0. The van der Waals surface area contributed by atoms with Gasteiger partial charge in [0.1, 0.15) is 6.61 Å². The normalized spacial score (nSPS) is 10.5. The van der Waals surface area contributed by atoms with Crippen molar-refractivity contribution in [2.45, 2.75) is 6.61 Å². The van der Waals surface area contributed by atoms with E-state index in [2.05, 4.69) is 10.2 Å². The standard InChI is InChI=1S/C11H12N4O4/c1-14-10(6-16)12-13-11(14)7-3-4-9(19-2)8(5-7)15(17)18/h3-5,16H,6H2,1-2H3. The zero-order valence-corrected chi connectivity index (χ0v) is 10.4. The van der Waals surface area contributed by atoms with Gasteiger partial charge in [-0.15, -0.1) is 10.2 Å². The largest absolute Gasteiger partial charge is 0.490 e. The second-order valence-electron chi connectivity index (χ2n) is 3.80. The predicted octanol–water partition coefficient (Wildman–Crippen LogP) is 0.891. The molecule has 1 heterocycles. The predicted molar refractivity (Wildman–Crippen MR) is 65.6 cm³/mol. The van der Waals surface area contributed by atoms with Crippen LogP contribution in [0.2, 0.25) is 0 Å². The maximum absolute atomic E-state index is 11.0. The molecule has 0 radical (unpaired) electrons. The number of methoxy groups -OCH3 is 1. The van der Waals surface area contributed by atoms with E-state index in [9.17, 15) is 10.1 Å². The van der Waals surface area contributed by atoms with Crippen LogP contribution < -0.4 is 4.74 Å². The Bertz CT molecular complexity index is 623. The number of aromatic nitrogens is 3. The lowest BCUT2D eigenvalue weighted by atomic mass is 10.1. The van der Waals surface area contributed by atoms with Crippen molar-refractivity contribution in [2.24, 2.45) is 7.05 Å². The molecule has 1 aromatic carbocycles. The highest BCUT2D eigenvalue weighted by molar-refractivity contribution is 5.63. The Morgan fingerprint density at radius 1 is 1.47 bits per heavy atom. The third kappa shape index (κ3) is 2.25. The molecule has 2 aromatic rings. The van der Waals surface area contributed by atoms with E-state index < -0.39 is 4.92 Å². The molecule has 0 saturated heterocycles. The maximum atomic E-state index is 11.0. The molecule has 100 valence electrons. The van der Waals surface area contributed by atoms with E-state index in [0.717, 1.165) is 0 Å². The molecule has 8 nitrogen and oxygen atoms in total. The second-order valence-corrected chi connectivity index (χ2v) is 3.80. The quantitative estimate of drug-likeness (QED) is 0.649. The lowest BCUT2D eigenvalue weighted by Crippen LogP contribution is -2.00. The van der Waals surface area contributed by atoms with Gasteiger partial charge in [0.15, 0.2) is 17.4 Å². The van der Waals surface area contributed by atoms with Gasteiger partial charge in [-0.25, -0.2) is 0 Å². The molecule has 0 aliphatic heterocycles. The highest BCUT2D eigenvalue weighted by Gasteiger charge is 2.18. The molecule has 0 saturated carbocycles. The number of hydrogen-bond donors (Lipinski definition) is 1. The van der Waals surface area contributed by atoms with Gasteiger partial charge in [-0.05, 0) is 12.1 Å². The molecular weight excluding hydrogens is 252 g/mol. The lowest BCUT2D eigenvalue weighted by molar-refractivity contribution is -0.385. The Morgan fingerprint density at radius 3 is 2.74 bits per heavy atom. The van der Waals surface area contributed by atoms with Gasteiger partial charge in [0.25, 0.3) is 0 Å². The van der Waals surface area contributed by atoms with Gasteiger partial charge < -0.3 is 14.4 Å². The monoisotopic (exact) mass is 264 g/mol. The van der Waals surface area contributed by atoms with Crippen LogP contribution >= 0.6 is 0 Å². The molecule has 0 aliphatic carbocycles. The average molecular weight is 264 g/mol. The molecule has 0 fully saturated rings. The minimum absolute atomic E-state index is 0.145. The SMILES string of the molecule is COc1ccc(-c2nnc(CO)n2C)cc1[N+](=O)[O-]. The fourth-order valence-electron chi connectivity index (χ4n) is 1.72. The van der Waals surface area contributed by atoms with Crippen molar-refractivity contribution >= 4 is 5.69 Å². The number of nitro benzene ring substituents is 1. The Hall–Kier alpha value is -2.48. The summed E-state index contributed by atoms with van der Waals surface area (Å²) in [6, 6.07) is 4.52. The van der Waals surface area contributed by atoms with Crippen LogP contribution in [-0.4, -0.2) is 31.9 Å². The van der Waals surface area contributed by atoms with Crippen molar-refractivity contribution in [3.05, 3.63) is 34.1 Å². The zero-order chi connectivity index (χ0) is 14.0. The van der Waals surface area contributed by atoms with Gasteiger partial charge >= 0.3 is 5.69 Å². The average Bonchev–Trinajstić information content (AvgIpc) is 2.79. The molecule has 0 atom stereocenters. The molecule has 0 spiro atoms. The number of aliphatic hydroxyl groups is 1. The maximum Gasteiger partial charge on any atom is 0.311 e. The zero-order valence-electron chi connectivity index (χ0n) is 10.4. The molecule has 0 unspecified atom stereocenters. The molecule has 2 rings (SSSR count). The number of nitrogens with zero attached hydrogens (tertiary/aromatic N) is 4. The fourth-order valence-corrected chi connectivity index (χ4v) is 1.72. The van der Waals surface area contributed by atoms with Crippen molar-refractivity contribution in [1.82, 2.24) is 14.8 Å². The van der Waals surface area contributed by atoms with Gasteiger partial charge in [0.05, 0.1) is 12.0 Å². The van der Waals surface area contributed by atoms with Crippen LogP contribution in [0.25, 0.3) is 11.4 Å². The van der Waals surface area contributed by atoms with Crippen LogP contribution in [-0.2, 0) is 13.7 Å². The van der Waals surface area contributed by atoms with E-state index in [-0.39, 0.29) is 18.0 Å². The second kappa shape index (κ2) is 5.02. The Morgan fingerprint density at radius 2 is 2.21 bits per heavy atom. The van der Waals surface area contributed by atoms with Crippen molar-refractivity contribution in [3.8, 4) is 17.1 Å². The summed E-state index contributed by atoms with van der Waals surface area (Å²) in [6.07, 6.45) is 0. The van der Waals surface area contributed by atoms with Crippen molar-refractivity contribution in [3.63, 3.8) is 0 Å². The van der Waals surface area contributed by atoms with Crippen molar-refractivity contribution in [1.29, 1.82) is 0 Å². The summed E-state index contributed by atoms with van der Waals surface area (Å²) in [5.41, 5.74) is 0.385. The smallest absolute Gasteiger partial charge is 0.311 e. The van der Waals surface area contributed by atoms with Crippen LogP contribution in [0, 0.1) is 10.1 Å². The van der Waals surface area contributed by atoms with Crippen LogP contribution in [0.4, 0.5) is 5.69 Å². The first-order chi connectivity index (χ1) is 9.08. The van der Waals surface area contributed by atoms with Gasteiger partial charge in [-0.3, -0.25) is 10.1 Å². The van der Waals surface area contributed by atoms with E-state index in [1.807, 2.05) is 0 Å². The molecule has 8 heteroatoms. The van der Waals surface area contributed by atoms with E-state index in [4.69, 9.17) is 9.84 Å². The van der Waals surface area contributed by atoms with Gasteiger partial charge in [-0.1, -0.05) is 0 Å². The van der Waals surface area contributed by atoms with E-state index in [1.54, 1.807) is 17.7 Å². The molecule has 19 heavy (non-hydrogen) atoms. The van der Waals surface area contributed by atoms with E-state index >= 15 is 0 Å². The Labute approximate surface area is 108 Å². The van der Waals surface area contributed by atoms with E-state index in [0.29, 0.717) is 17.2 Å². The summed E-state index contributed by atoms with van der Waals surface area (Å²) in [4.78, 5) is 10.4. The minimum Gasteiger partial charge on any atom is -0.490 e. The van der Waals surface area contributed by atoms with Gasteiger partial charge in [-0.2, -0.15) is 0 Å². The van der Waals surface area contributed by atoms with Crippen molar-refractivity contribution < 1.29 is 14.8 Å².